The largest absolute Gasteiger partial charge is 0.491 e. The number of anilines is 2. The number of carbonyl (C=O) groups is 1. The number of thiazole rings is 1. The van der Waals surface area contributed by atoms with Crippen LogP contribution in [0.4, 0.5) is 33.6 Å². The lowest BCUT2D eigenvalue weighted by Gasteiger charge is -2.12. The van der Waals surface area contributed by atoms with Gasteiger partial charge >= 0.3 is 0 Å². The Labute approximate surface area is 366 Å². The molecule has 0 aliphatic rings. The van der Waals surface area contributed by atoms with E-state index < -0.39 is 93.6 Å². The summed E-state index contributed by atoms with van der Waals surface area (Å²) in [6.45, 7) is 2.67. The Bertz CT molecular complexity index is 3300. The molecule has 24 nitrogen and oxygen atoms in total. The summed E-state index contributed by atoms with van der Waals surface area (Å²) >= 11 is 1.54. The number of azo groups is 2. The Morgan fingerprint density at radius 3 is 1.97 bits per heavy atom. The molecular formula is C32H33N7O17S7. The van der Waals surface area contributed by atoms with E-state index in [1.807, 2.05) is 0 Å². The monoisotopic (exact) mass is 1010 g/mol. The zero-order valence-corrected chi connectivity index (χ0v) is 37.8. The number of hydrogen-bond acceptors (Lipinski definition) is 20. The number of hydrogen-bond donors (Lipinski definition) is 7. The summed E-state index contributed by atoms with van der Waals surface area (Å²) in [7, 11) is -24.2. The fraction of sp³-hybridized carbons (Fsp3) is 0.250. The van der Waals surface area contributed by atoms with Crippen molar-refractivity contribution in [2.24, 2.45) is 20.5 Å². The van der Waals surface area contributed by atoms with Crippen LogP contribution in [0.2, 0.25) is 0 Å². The Balaban J connectivity index is 1.64. The Morgan fingerprint density at radius 1 is 0.746 bits per heavy atom. The predicted molar refractivity (Wildman–Crippen MR) is 230 cm³/mol. The van der Waals surface area contributed by atoms with Gasteiger partial charge in [0.15, 0.2) is 0 Å². The first-order valence-corrected chi connectivity index (χ1v) is 26.5. The number of amides is 1. The number of fused-ring (bicyclic) bond motifs is 3. The average Bonchev–Trinajstić information content (AvgIpc) is 3.56. The van der Waals surface area contributed by atoms with Crippen molar-refractivity contribution in [3.63, 3.8) is 0 Å². The number of thioether (sulfide) groups is 1. The number of nitrogens with zero attached hydrogens (tertiary/aromatic N) is 5. The first kappa shape index (κ1) is 49.2. The van der Waals surface area contributed by atoms with Crippen LogP contribution in [0.15, 0.2) is 82.5 Å². The molecule has 0 aliphatic heterocycles. The van der Waals surface area contributed by atoms with Gasteiger partial charge in [0.2, 0.25) is 11.0 Å². The van der Waals surface area contributed by atoms with Crippen LogP contribution in [0.3, 0.4) is 0 Å². The van der Waals surface area contributed by atoms with Crippen LogP contribution in [0, 0.1) is 6.92 Å². The van der Waals surface area contributed by atoms with E-state index in [0.29, 0.717) is 29.0 Å². The number of aromatic nitrogens is 1. The van der Waals surface area contributed by atoms with Crippen molar-refractivity contribution in [1.29, 1.82) is 0 Å². The molecule has 0 spiro atoms. The van der Waals surface area contributed by atoms with Crippen molar-refractivity contribution < 1.29 is 74.4 Å². The maximum absolute atomic E-state index is 12.5. The van der Waals surface area contributed by atoms with Crippen molar-refractivity contribution in [2.75, 3.05) is 34.9 Å². The number of nitrogen functional groups attached to an aromatic ring is 1. The third-order valence-electron chi connectivity index (χ3n) is 8.17. The minimum absolute atomic E-state index is 0.0415. The SMILES string of the molecule is CC(=O)Nc1cc(N=Nc2cc(OCCCS(=O)(=O)O)c(N)cc2C)c(SCCCS(=O)(=O)O)cc1N=Nc1nc2c(S(=O)(=O)O)cc3c(S(=O)(=O)O)cc(S(=O)(=O)O)cc3c2s1. The van der Waals surface area contributed by atoms with Gasteiger partial charge in [-0.2, -0.15) is 47.2 Å². The van der Waals surface area contributed by atoms with E-state index in [1.165, 1.54) is 24.3 Å². The summed E-state index contributed by atoms with van der Waals surface area (Å²) < 4.78 is 172. The van der Waals surface area contributed by atoms with E-state index in [9.17, 15) is 65.1 Å². The van der Waals surface area contributed by atoms with Gasteiger partial charge in [0.05, 0.1) is 44.8 Å². The summed E-state index contributed by atoms with van der Waals surface area (Å²) in [4.78, 5) is 13.6. The molecule has 63 heavy (non-hydrogen) atoms. The second-order valence-corrected chi connectivity index (χ2v) is 22.5. The molecule has 8 N–H and O–H groups in total. The molecule has 1 heterocycles. The fourth-order valence-corrected chi connectivity index (χ4v) is 10.6. The minimum atomic E-state index is -5.29. The van der Waals surface area contributed by atoms with Gasteiger partial charge in [0.1, 0.15) is 32.4 Å². The Morgan fingerprint density at radius 2 is 1.37 bits per heavy atom. The number of benzene rings is 4. The van der Waals surface area contributed by atoms with E-state index in [-0.39, 0.29) is 79.5 Å². The topological polar surface area (TPSA) is 399 Å². The number of aryl methyl sites for hydroxylation is 1. The lowest BCUT2D eigenvalue weighted by atomic mass is 10.1. The molecule has 4 aromatic carbocycles. The molecule has 0 saturated heterocycles. The lowest BCUT2D eigenvalue weighted by Crippen LogP contribution is -2.09. The minimum Gasteiger partial charge on any atom is -0.491 e. The maximum atomic E-state index is 12.5. The van der Waals surface area contributed by atoms with E-state index in [1.54, 1.807) is 6.92 Å². The predicted octanol–water partition coefficient (Wildman–Crippen LogP) is 5.90. The second-order valence-electron chi connectivity index (χ2n) is 13.1. The molecule has 340 valence electrons. The summed E-state index contributed by atoms with van der Waals surface area (Å²) in [5, 5.41) is 18.0. The summed E-state index contributed by atoms with van der Waals surface area (Å²) in [5.41, 5.74) is 6.37. The molecule has 5 aromatic rings. The normalized spacial score (nSPS) is 13.1. The highest BCUT2D eigenvalue weighted by Crippen LogP contribution is 2.44. The van der Waals surface area contributed by atoms with Crippen molar-refractivity contribution in [2.45, 2.75) is 46.3 Å². The molecule has 0 radical (unpaired) electrons. The van der Waals surface area contributed by atoms with Gasteiger partial charge < -0.3 is 15.8 Å². The van der Waals surface area contributed by atoms with Crippen molar-refractivity contribution in [1.82, 2.24) is 4.98 Å². The zero-order valence-electron chi connectivity index (χ0n) is 32.1. The van der Waals surface area contributed by atoms with E-state index in [0.717, 1.165) is 24.8 Å². The third kappa shape index (κ3) is 13.1. The molecule has 31 heteroatoms. The molecular weight excluding hydrogens is 979 g/mol. The molecule has 0 atom stereocenters. The highest BCUT2D eigenvalue weighted by atomic mass is 32.2. The molecule has 1 amide bonds. The van der Waals surface area contributed by atoms with Gasteiger partial charge in [0, 0.05) is 28.7 Å². The molecule has 0 fully saturated rings. The van der Waals surface area contributed by atoms with Gasteiger partial charge in [-0.05, 0) is 67.5 Å². The van der Waals surface area contributed by atoms with Crippen LogP contribution in [-0.2, 0) is 55.4 Å². The van der Waals surface area contributed by atoms with Gasteiger partial charge in [-0.25, -0.2) is 4.98 Å². The first-order chi connectivity index (χ1) is 29.0. The van der Waals surface area contributed by atoms with Gasteiger partial charge in [-0.1, -0.05) is 11.3 Å². The van der Waals surface area contributed by atoms with Crippen LogP contribution in [0.25, 0.3) is 21.0 Å². The van der Waals surface area contributed by atoms with Crippen molar-refractivity contribution in [3.05, 3.63) is 48.0 Å². The maximum Gasteiger partial charge on any atom is 0.296 e. The fourth-order valence-electron chi connectivity index (χ4n) is 5.51. The molecule has 5 rings (SSSR count). The number of nitrogens with one attached hydrogen (secondary N) is 1. The Hall–Kier alpha value is -4.80. The Kier molecular flexibility index (Phi) is 14.6. The standard InChI is InChI=1S/C32H33N7O17S7/c1-16-9-21(33)26(56-5-3-7-59(41,42)43)14-22(16)36-38-25-13-23(34-17(2)40)24(15-27(25)57-6-4-8-60(44,45)46)37-39-32-35-30-29(63(53,54)55)12-19-20(31(30)58-32)10-18(61(47,48)49)11-28(19)62(50,51)52/h9-15H,3-8,33H2,1-2H3,(H,34,40)(H,41,42,43)(H,44,45,46)(H,47,48,49)(H,50,51,52)(H,53,54,55). The van der Waals surface area contributed by atoms with E-state index in [2.05, 4.69) is 30.8 Å². The number of ether oxygens (including phenoxy) is 1. The van der Waals surface area contributed by atoms with Crippen molar-refractivity contribution in [3.8, 4) is 5.75 Å². The molecule has 0 bridgehead atoms. The van der Waals surface area contributed by atoms with Crippen LogP contribution >= 0.6 is 23.1 Å². The molecule has 0 unspecified atom stereocenters. The third-order valence-corrected chi connectivity index (χ3v) is 14.5. The van der Waals surface area contributed by atoms with Crippen LogP contribution in [-0.4, -0.2) is 99.6 Å². The molecule has 0 aliphatic carbocycles. The zero-order chi connectivity index (χ0) is 46.9. The summed E-state index contributed by atoms with van der Waals surface area (Å²) in [6.07, 6.45) is -0.109. The van der Waals surface area contributed by atoms with E-state index >= 15 is 0 Å². The van der Waals surface area contributed by atoms with Crippen LogP contribution in [0.5, 0.6) is 5.75 Å². The van der Waals surface area contributed by atoms with Gasteiger partial charge in [-0.3, -0.25) is 27.6 Å². The van der Waals surface area contributed by atoms with Gasteiger partial charge in [-0.15, -0.1) is 27.1 Å². The smallest absolute Gasteiger partial charge is 0.296 e. The second kappa shape index (κ2) is 18.7. The average molecular weight is 1010 g/mol. The van der Waals surface area contributed by atoms with Crippen LogP contribution < -0.4 is 15.8 Å². The summed E-state index contributed by atoms with van der Waals surface area (Å²) in [5.74, 6) is -1.58. The lowest BCUT2D eigenvalue weighted by molar-refractivity contribution is -0.114. The van der Waals surface area contributed by atoms with E-state index in [4.69, 9.17) is 15.0 Å². The number of rotatable bonds is 18. The first-order valence-electron chi connectivity index (χ1n) is 17.2. The van der Waals surface area contributed by atoms with Crippen LogP contribution in [0.1, 0.15) is 25.3 Å². The quantitative estimate of drug-likeness (QED) is 0.0177. The molecule has 1 aromatic heterocycles. The highest BCUT2D eigenvalue weighted by molar-refractivity contribution is 7.99. The summed E-state index contributed by atoms with van der Waals surface area (Å²) in [6, 6.07) is 7.36. The number of nitrogens with two attached hydrogens (primary N) is 1. The molecule has 0 saturated carbocycles. The number of carbonyl (C=O) groups excluding carboxylic acids is 1. The van der Waals surface area contributed by atoms with Gasteiger partial charge in [0.25, 0.3) is 50.6 Å². The van der Waals surface area contributed by atoms with Crippen molar-refractivity contribution >= 4 is 134 Å². The highest BCUT2D eigenvalue weighted by Gasteiger charge is 2.27.